The van der Waals surface area contributed by atoms with Crippen molar-refractivity contribution < 1.29 is 28.6 Å². The summed E-state index contributed by atoms with van der Waals surface area (Å²) in [4.78, 5) is 38.2. The van der Waals surface area contributed by atoms with Crippen molar-refractivity contribution in [2.24, 2.45) is 0 Å². The van der Waals surface area contributed by atoms with Crippen molar-refractivity contribution in [3.05, 3.63) is 12.2 Å². The highest BCUT2D eigenvalue weighted by atomic mass is 16.6. The van der Waals surface area contributed by atoms with Gasteiger partial charge in [-0.2, -0.15) is 0 Å². The molecule has 0 heterocycles. The van der Waals surface area contributed by atoms with Crippen molar-refractivity contribution in [3.63, 3.8) is 0 Å². The van der Waals surface area contributed by atoms with E-state index in [-0.39, 0.29) is 31.1 Å². The van der Waals surface area contributed by atoms with E-state index in [2.05, 4.69) is 32.9 Å². The lowest BCUT2D eigenvalue weighted by Crippen LogP contribution is -2.30. The molecule has 0 saturated heterocycles. The fourth-order valence-corrected chi connectivity index (χ4v) is 9.56. The van der Waals surface area contributed by atoms with Gasteiger partial charge in [0.1, 0.15) is 13.2 Å². The van der Waals surface area contributed by atoms with Gasteiger partial charge in [-0.1, -0.05) is 303 Å². The molecular formula is C63H120O6. The van der Waals surface area contributed by atoms with E-state index in [9.17, 15) is 14.4 Å². The Kier molecular flexibility index (Phi) is 57.1. The minimum absolute atomic E-state index is 0.0636. The van der Waals surface area contributed by atoms with Gasteiger partial charge in [0.05, 0.1) is 0 Å². The van der Waals surface area contributed by atoms with E-state index < -0.39 is 6.10 Å². The van der Waals surface area contributed by atoms with Crippen LogP contribution in [0.2, 0.25) is 0 Å². The summed E-state index contributed by atoms with van der Waals surface area (Å²) in [5.41, 5.74) is 0. The van der Waals surface area contributed by atoms with Gasteiger partial charge >= 0.3 is 17.9 Å². The summed E-state index contributed by atoms with van der Waals surface area (Å²) < 4.78 is 16.9. The summed E-state index contributed by atoms with van der Waals surface area (Å²) in [7, 11) is 0. The maximum Gasteiger partial charge on any atom is 0.306 e. The van der Waals surface area contributed by atoms with Crippen LogP contribution in [0, 0.1) is 0 Å². The van der Waals surface area contributed by atoms with Gasteiger partial charge in [-0.05, 0) is 44.9 Å². The summed E-state index contributed by atoms with van der Waals surface area (Å²) in [5.74, 6) is -0.836. The number of hydrogen-bond donors (Lipinski definition) is 0. The van der Waals surface area contributed by atoms with E-state index in [0.29, 0.717) is 19.3 Å². The predicted octanol–water partition coefficient (Wildman–Crippen LogP) is 20.9. The molecule has 0 saturated carbocycles. The molecule has 1 unspecified atom stereocenters. The van der Waals surface area contributed by atoms with E-state index in [0.717, 1.165) is 57.8 Å². The summed E-state index contributed by atoms with van der Waals surface area (Å²) in [6.45, 7) is 6.70. The molecule has 0 rings (SSSR count). The van der Waals surface area contributed by atoms with Crippen LogP contribution in [0.3, 0.4) is 0 Å². The van der Waals surface area contributed by atoms with E-state index in [1.54, 1.807) is 0 Å². The minimum atomic E-state index is -0.764. The topological polar surface area (TPSA) is 78.9 Å². The smallest absolute Gasteiger partial charge is 0.306 e. The van der Waals surface area contributed by atoms with Crippen molar-refractivity contribution in [1.29, 1.82) is 0 Å². The Balaban J connectivity index is 4.23. The lowest BCUT2D eigenvalue weighted by Gasteiger charge is -2.18. The van der Waals surface area contributed by atoms with Gasteiger partial charge in [-0.25, -0.2) is 0 Å². The van der Waals surface area contributed by atoms with Gasteiger partial charge in [-0.15, -0.1) is 0 Å². The lowest BCUT2D eigenvalue weighted by atomic mass is 10.0. The Morgan fingerprint density at radius 2 is 0.478 bits per heavy atom. The molecule has 0 radical (unpaired) electrons. The normalized spacial score (nSPS) is 12.0. The van der Waals surface area contributed by atoms with Crippen molar-refractivity contribution >= 4 is 17.9 Å². The lowest BCUT2D eigenvalue weighted by molar-refractivity contribution is -0.167. The van der Waals surface area contributed by atoms with Crippen molar-refractivity contribution in [1.82, 2.24) is 0 Å². The molecule has 0 bridgehead atoms. The molecule has 0 aromatic rings. The largest absolute Gasteiger partial charge is 0.462 e. The predicted molar refractivity (Wildman–Crippen MR) is 298 cm³/mol. The zero-order valence-electron chi connectivity index (χ0n) is 46.9. The second-order valence-electron chi connectivity index (χ2n) is 21.3. The van der Waals surface area contributed by atoms with Gasteiger partial charge in [0.15, 0.2) is 6.10 Å². The van der Waals surface area contributed by atoms with Gasteiger partial charge in [0.2, 0.25) is 0 Å². The number of rotatable bonds is 58. The Bertz CT molecular complexity index is 1070. The third-order valence-electron chi connectivity index (χ3n) is 14.3. The fraction of sp³-hybridized carbons (Fsp3) is 0.921. The van der Waals surface area contributed by atoms with Gasteiger partial charge < -0.3 is 14.2 Å². The average Bonchev–Trinajstić information content (AvgIpc) is 3.35. The van der Waals surface area contributed by atoms with E-state index in [4.69, 9.17) is 14.2 Å². The van der Waals surface area contributed by atoms with Crippen molar-refractivity contribution in [2.75, 3.05) is 13.2 Å². The van der Waals surface area contributed by atoms with E-state index in [1.165, 1.54) is 257 Å². The first-order valence-corrected chi connectivity index (χ1v) is 31.2. The highest BCUT2D eigenvalue weighted by Gasteiger charge is 2.19. The highest BCUT2D eigenvalue weighted by molar-refractivity contribution is 5.71. The molecule has 0 fully saturated rings. The maximum absolute atomic E-state index is 12.9. The number of esters is 3. The molecule has 6 heteroatoms. The van der Waals surface area contributed by atoms with Gasteiger partial charge in [-0.3, -0.25) is 14.4 Å². The standard InChI is InChI=1S/C63H120O6/c1-4-7-10-13-16-19-22-25-27-28-29-30-31-32-33-34-36-38-41-44-47-50-53-56-62(65)68-59-60(58-67-61(64)55-52-49-46-43-40-37-24-21-18-15-12-9-6-3)69-63(66)57-54-51-48-45-42-39-35-26-23-20-17-14-11-8-5-2/h28-29,60H,4-27,30-59H2,1-3H3/b29-28-. The molecule has 69 heavy (non-hydrogen) atoms. The van der Waals surface area contributed by atoms with Crippen LogP contribution in [-0.2, 0) is 28.6 Å². The van der Waals surface area contributed by atoms with E-state index in [1.807, 2.05) is 0 Å². The molecule has 0 amide bonds. The number of carbonyl (C=O) groups is 3. The Labute approximate surface area is 431 Å². The Morgan fingerprint density at radius 1 is 0.275 bits per heavy atom. The monoisotopic (exact) mass is 973 g/mol. The van der Waals surface area contributed by atoms with Crippen LogP contribution in [0.1, 0.15) is 355 Å². The SMILES string of the molecule is CCCCCCCCCC/C=C\CCCCCCCCCCCCCC(=O)OCC(COC(=O)CCCCCCCCCCCCCCC)OC(=O)CCCCCCCCCCCCCCCCC. The summed E-state index contributed by atoms with van der Waals surface area (Å²) in [5, 5.41) is 0. The van der Waals surface area contributed by atoms with Crippen LogP contribution in [-0.4, -0.2) is 37.2 Å². The fourth-order valence-electron chi connectivity index (χ4n) is 9.56. The molecule has 6 nitrogen and oxygen atoms in total. The quantitative estimate of drug-likeness (QED) is 0.0261. The molecule has 0 aromatic heterocycles. The molecule has 0 N–H and O–H groups in total. The van der Waals surface area contributed by atoms with Crippen LogP contribution >= 0.6 is 0 Å². The Hall–Kier alpha value is -1.85. The molecular weight excluding hydrogens is 853 g/mol. The molecule has 1 atom stereocenters. The highest BCUT2D eigenvalue weighted by Crippen LogP contribution is 2.18. The van der Waals surface area contributed by atoms with Crippen molar-refractivity contribution in [2.45, 2.75) is 361 Å². The van der Waals surface area contributed by atoms with Crippen LogP contribution in [0.25, 0.3) is 0 Å². The number of hydrogen-bond acceptors (Lipinski definition) is 6. The van der Waals surface area contributed by atoms with Crippen LogP contribution in [0.4, 0.5) is 0 Å². The van der Waals surface area contributed by atoms with E-state index >= 15 is 0 Å². The van der Waals surface area contributed by atoms with Crippen LogP contribution < -0.4 is 0 Å². The second-order valence-corrected chi connectivity index (χ2v) is 21.3. The van der Waals surface area contributed by atoms with Gasteiger partial charge in [0, 0.05) is 19.3 Å². The maximum atomic E-state index is 12.9. The van der Waals surface area contributed by atoms with Gasteiger partial charge in [0.25, 0.3) is 0 Å². The molecule has 0 aliphatic heterocycles. The molecule has 408 valence electrons. The second kappa shape index (κ2) is 58.7. The first kappa shape index (κ1) is 67.1. The van der Waals surface area contributed by atoms with Crippen molar-refractivity contribution in [3.8, 4) is 0 Å². The zero-order valence-corrected chi connectivity index (χ0v) is 46.9. The number of ether oxygens (including phenoxy) is 3. The first-order valence-electron chi connectivity index (χ1n) is 31.2. The number of carbonyl (C=O) groups excluding carboxylic acids is 3. The molecule has 0 aliphatic rings. The third kappa shape index (κ3) is 56.9. The van der Waals surface area contributed by atoms with Crippen LogP contribution in [0.5, 0.6) is 0 Å². The Morgan fingerprint density at radius 3 is 0.725 bits per heavy atom. The molecule has 0 spiro atoms. The van der Waals surface area contributed by atoms with Crippen LogP contribution in [0.15, 0.2) is 12.2 Å². The zero-order chi connectivity index (χ0) is 50.0. The third-order valence-corrected chi connectivity index (χ3v) is 14.3. The minimum Gasteiger partial charge on any atom is -0.462 e. The summed E-state index contributed by atoms with van der Waals surface area (Å²) in [6, 6.07) is 0. The number of unbranched alkanes of at least 4 members (excludes halogenated alkanes) is 45. The molecule has 0 aromatic carbocycles. The number of allylic oxidation sites excluding steroid dienone is 2. The summed E-state index contributed by atoms with van der Waals surface area (Å²) >= 11 is 0. The summed E-state index contributed by atoms with van der Waals surface area (Å²) in [6.07, 6.45) is 67.8. The first-order chi connectivity index (χ1) is 34.0. The average molecular weight is 974 g/mol. The molecule has 0 aliphatic carbocycles.